The number of aryl methyl sites for hydroxylation is 4. The van der Waals surface area contributed by atoms with E-state index in [1.807, 2.05) is 23.5 Å². The standard InChI is InChI=1S/C56H40N2O2S/c1-33-23-25-37(29-35(33)3)57(47-19-11-17-44-41-14-7-9-21-50(41)59-55(44)47)39-27-28-46-52(31-39)61-53-32-49(40-13-5-6-16-43(40)54(46)53)58(38-26-24-34(2)36(4)30-38)48-20-12-18-45-42-15-8-10-22-51(42)60-56(45)48/h5-32H,1-4H3. The molecule has 0 fully saturated rings. The van der Waals surface area contributed by atoms with Gasteiger partial charge in [0.1, 0.15) is 11.2 Å². The Hall–Kier alpha value is -7.34. The number of nitrogens with zero attached hydrogens (tertiary/aromatic N) is 2. The Morgan fingerprint density at radius 3 is 1.44 bits per heavy atom. The molecule has 0 saturated carbocycles. The number of anilines is 6. The Bertz CT molecular complexity index is 3740. The molecular formula is C56H40N2O2S. The van der Waals surface area contributed by atoms with E-state index in [1.165, 1.54) is 53.2 Å². The van der Waals surface area contributed by atoms with Gasteiger partial charge in [0.2, 0.25) is 0 Å². The minimum atomic E-state index is 0.873. The van der Waals surface area contributed by atoms with Gasteiger partial charge in [-0.25, -0.2) is 0 Å². The molecule has 0 amide bonds. The van der Waals surface area contributed by atoms with Crippen LogP contribution < -0.4 is 9.80 Å². The van der Waals surface area contributed by atoms with Crippen molar-refractivity contribution in [1.82, 2.24) is 0 Å². The van der Waals surface area contributed by atoms with Gasteiger partial charge in [0, 0.05) is 64.2 Å². The minimum absolute atomic E-state index is 0.873. The quantitative estimate of drug-likeness (QED) is 0.168. The predicted octanol–water partition coefficient (Wildman–Crippen LogP) is 17.2. The number of para-hydroxylation sites is 4. The molecule has 0 bridgehead atoms. The summed E-state index contributed by atoms with van der Waals surface area (Å²) >= 11 is 1.85. The molecule has 0 N–H and O–H groups in total. The van der Waals surface area contributed by atoms with E-state index in [1.54, 1.807) is 0 Å². The molecule has 0 unspecified atom stereocenters. The second-order valence-corrected chi connectivity index (χ2v) is 17.4. The van der Waals surface area contributed by atoms with Crippen molar-refractivity contribution < 1.29 is 8.83 Å². The summed E-state index contributed by atoms with van der Waals surface area (Å²) in [5.41, 5.74) is 14.9. The molecule has 0 aliphatic heterocycles. The summed E-state index contributed by atoms with van der Waals surface area (Å²) in [5.74, 6) is 0. The number of rotatable bonds is 6. The number of hydrogen-bond donors (Lipinski definition) is 0. The SMILES string of the molecule is Cc1ccc(N(c2ccc3c(c2)sc2cc(N(c4ccc(C)c(C)c4)c4cccc5c4oc4ccccc45)c4ccccc4c23)c2cccc3c2oc2ccccc23)cc1C. The van der Waals surface area contributed by atoms with Crippen molar-refractivity contribution in [2.45, 2.75) is 27.7 Å². The molecule has 3 aromatic heterocycles. The molecule has 0 aliphatic rings. The van der Waals surface area contributed by atoms with E-state index < -0.39 is 0 Å². The maximum Gasteiger partial charge on any atom is 0.159 e. The number of hydrogen-bond acceptors (Lipinski definition) is 5. The van der Waals surface area contributed by atoms with Crippen LogP contribution in [0.5, 0.6) is 0 Å². The molecule has 5 heteroatoms. The van der Waals surface area contributed by atoms with Gasteiger partial charge in [0.25, 0.3) is 0 Å². The van der Waals surface area contributed by atoms with Crippen LogP contribution in [-0.2, 0) is 0 Å². The molecule has 12 rings (SSSR count). The molecule has 61 heavy (non-hydrogen) atoms. The maximum atomic E-state index is 6.72. The van der Waals surface area contributed by atoms with Crippen molar-refractivity contribution in [3.8, 4) is 0 Å². The van der Waals surface area contributed by atoms with Crippen molar-refractivity contribution in [3.05, 3.63) is 192 Å². The van der Waals surface area contributed by atoms with Crippen molar-refractivity contribution in [2.24, 2.45) is 0 Å². The Balaban J connectivity index is 1.10. The fourth-order valence-electron chi connectivity index (χ4n) is 9.32. The molecule has 0 atom stereocenters. The first-order valence-electron chi connectivity index (χ1n) is 20.8. The number of thiophene rings is 1. The molecule has 0 saturated heterocycles. The van der Waals surface area contributed by atoms with Crippen LogP contribution in [0, 0.1) is 27.7 Å². The van der Waals surface area contributed by atoms with Crippen molar-refractivity contribution >= 4 is 120 Å². The van der Waals surface area contributed by atoms with Gasteiger partial charge in [0.05, 0.1) is 17.1 Å². The highest BCUT2D eigenvalue weighted by Gasteiger charge is 2.25. The lowest BCUT2D eigenvalue weighted by atomic mass is 10.00. The molecule has 9 aromatic carbocycles. The third kappa shape index (κ3) is 5.51. The zero-order chi connectivity index (χ0) is 40.9. The van der Waals surface area contributed by atoms with Crippen LogP contribution >= 0.6 is 11.3 Å². The van der Waals surface area contributed by atoms with Crippen molar-refractivity contribution in [1.29, 1.82) is 0 Å². The fraction of sp³-hybridized carbons (Fsp3) is 0.0714. The fourth-order valence-corrected chi connectivity index (χ4v) is 10.5. The van der Waals surface area contributed by atoms with Gasteiger partial charge >= 0.3 is 0 Å². The Morgan fingerprint density at radius 1 is 0.344 bits per heavy atom. The van der Waals surface area contributed by atoms with Crippen molar-refractivity contribution in [2.75, 3.05) is 9.80 Å². The maximum absolute atomic E-state index is 6.72. The van der Waals surface area contributed by atoms with Crippen LogP contribution in [0.4, 0.5) is 34.1 Å². The molecule has 4 nitrogen and oxygen atoms in total. The van der Waals surface area contributed by atoms with Gasteiger partial charge in [-0.1, -0.05) is 103 Å². The van der Waals surface area contributed by atoms with E-state index in [9.17, 15) is 0 Å². The zero-order valence-electron chi connectivity index (χ0n) is 34.3. The van der Waals surface area contributed by atoms with Gasteiger partial charge in [-0.3, -0.25) is 0 Å². The van der Waals surface area contributed by atoms with Crippen LogP contribution in [0.15, 0.2) is 179 Å². The average Bonchev–Trinajstić information content (AvgIpc) is 3.98. The van der Waals surface area contributed by atoms with Crippen LogP contribution in [0.2, 0.25) is 0 Å². The summed E-state index contributed by atoms with van der Waals surface area (Å²) in [5, 5.41) is 9.36. The van der Waals surface area contributed by atoms with E-state index in [0.29, 0.717) is 0 Å². The second kappa shape index (κ2) is 13.6. The predicted molar refractivity (Wildman–Crippen MR) is 260 cm³/mol. The molecule has 0 radical (unpaired) electrons. The lowest BCUT2D eigenvalue weighted by molar-refractivity contribution is 0.668. The van der Waals surface area contributed by atoms with Gasteiger partial charge in [-0.15, -0.1) is 11.3 Å². The summed E-state index contributed by atoms with van der Waals surface area (Å²) in [4.78, 5) is 4.77. The number of fused-ring (bicyclic) bond motifs is 11. The molecule has 292 valence electrons. The van der Waals surface area contributed by atoms with Crippen LogP contribution in [0.3, 0.4) is 0 Å². The minimum Gasteiger partial charge on any atom is -0.454 e. The smallest absolute Gasteiger partial charge is 0.159 e. The van der Waals surface area contributed by atoms with Gasteiger partial charge < -0.3 is 18.6 Å². The normalized spacial score (nSPS) is 11.9. The highest BCUT2D eigenvalue weighted by atomic mass is 32.1. The first kappa shape index (κ1) is 35.6. The number of furan rings is 2. The second-order valence-electron chi connectivity index (χ2n) is 16.3. The highest BCUT2D eigenvalue weighted by molar-refractivity contribution is 7.26. The Labute approximate surface area is 357 Å². The van der Waals surface area contributed by atoms with Gasteiger partial charge in [0.15, 0.2) is 11.2 Å². The van der Waals surface area contributed by atoms with E-state index in [-0.39, 0.29) is 0 Å². The first-order valence-corrected chi connectivity index (χ1v) is 21.6. The third-order valence-electron chi connectivity index (χ3n) is 12.7. The Morgan fingerprint density at radius 2 is 0.836 bits per heavy atom. The topological polar surface area (TPSA) is 32.8 Å². The van der Waals surface area contributed by atoms with Gasteiger partial charge in [-0.05, 0) is 122 Å². The van der Waals surface area contributed by atoms with E-state index in [2.05, 4.69) is 195 Å². The van der Waals surface area contributed by atoms with Crippen molar-refractivity contribution in [3.63, 3.8) is 0 Å². The molecule has 12 aromatic rings. The molecule has 3 heterocycles. The van der Waals surface area contributed by atoms with Crippen LogP contribution in [0.25, 0.3) is 74.8 Å². The monoisotopic (exact) mass is 804 g/mol. The molecule has 0 spiro atoms. The van der Waals surface area contributed by atoms with E-state index >= 15 is 0 Å². The number of benzene rings is 9. The summed E-state index contributed by atoms with van der Waals surface area (Å²) in [7, 11) is 0. The van der Waals surface area contributed by atoms with Gasteiger partial charge in [-0.2, -0.15) is 0 Å². The molecular weight excluding hydrogens is 765 g/mol. The summed E-state index contributed by atoms with van der Waals surface area (Å²) < 4.78 is 15.8. The summed E-state index contributed by atoms with van der Waals surface area (Å²) in [6.07, 6.45) is 0. The lowest BCUT2D eigenvalue weighted by Crippen LogP contribution is -2.11. The van der Waals surface area contributed by atoms with Crippen LogP contribution in [-0.4, -0.2) is 0 Å². The van der Waals surface area contributed by atoms with E-state index in [0.717, 1.165) is 78.0 Å². The molecule has 0 aliphatic carbocycles. The first-order chi connectivity index (χ1) is 29.9. The largest absolute Gasteiger partial charge is 0.454 e. The average molecular weight is 805 g/mol. The lowest BCUT2D eigenvalue weighted by Gasteiger charge is -2.28. The highest BCUT2D eigenvalue weighted by Crippen LogP contribution is 2.50. The summed E-state index contributed by atoms with van der Waals surface area (Å²) in [6.45, 7) is 8.73. The van der Waals surface area contributed by atoms with E-state index in [4.69, 9.17) is 8.83 Å². The third-order valence-corrected chi connectivity index (χ3v) is 13.8. The zero-order valence-corrected chi connectivity index (χ0v) is 35.1. The Kier molecular flexibility index (Phi) is 7.93. The summed E-state index contributed by atoms with van der Waals surface area (Å²) in [6, 6.07) is 61.4. The van der Waals surface area contributed by atoms with Crippen LogP contribution in [0.1, 0.15) is 22.3 Å².